The highest BCUT2D eigenvalue weighted by Crippen LogP contribution is 2.18. The number of nitrogens with zero attached hydrogens (tertiary/aromatic N) is 1. The molecule has 0 amide bonds. The minimum atomic E-state index is -0.0901. The third-order valence-corrected chi connectivity index (χ3v) is 2.12. The monoisotopic (exact) mass is 177 g/mol. The molecule has 13 heavy (non-hydrogen) atoms. The predicted molar refractivity (Wildman–Crippen MR) is 49.8 cm³/mol. The summed E-state index contributed by atoms with van der Waals surface area (Å²) in [4.78, 5) is 11.9. The summed E-state index contributed by atoms with van der Waals surface area (Å²) in [5, 5.41) is 0. The van der Waals surface area contributed by atoms with Gasteiger partial charge in [0.1, 0.15) is 6.10 Å². The molecule has 1 unspecified atom stereocenters. The number of nitrogens with one attached hydrogen (secondary N) is 1. The number of hydrogen-bond acceptors (Lipinski definition) is 3. The molecule has 3 N–H and O–H groups in total. The van der Waals surface area contributed by atoms with Crippen molar-refractivity contribution in [2.45, 2.75) is 13.0 Å². The quantitative estimate of drug-likeness (QED) is 0.683. The summed E-state index contributed by atoms with van der Waals surface area (Å²) in [6.45, 7) is 1.90. The summed E-state index contributed by atoms with van der Waals surface area (Å²) >= 11 is 0. The van der Waals surface area contributed by atoms with Gasteiger partial charge in [-0.3, -0.25) is 4.84 Å². The second-order valence-corrected chi connectivity index (χ2v) is 2.96. The van der Waals surface area contributed by atoms with E-state index in [-0.39, 0.29) is 6.10 Å². The normalized spacial score (nSPS) is 13.4. The van der Waals surface area contributed by atoms with E-state index in [0.717, 1.165) is 16.6 Å². The van der Waals surface area contributed by atoms with Crippen molar-refractivity contribution in [3.63, 3.8) is 0 Å². The highest BCUT2D eigenvalue weighted by atomic mass is 16.6. The van der Waals surface area contributed by atoms with Crippen molar-refractivity contribution >= 4 is 11.0 Å². The lowest BCUT2D eigenvalue weighted by Crippen LogP contribution is -2.04. The number of aromatic amines is 1. The van der Waals surface area contributed by atoms with Crippen LogP contribution in [0.3, 0.4) is 0 Å². The van der Waals surface area contributed by atoms with Crippen LogP contribution in [0, 0.1) is 0 Å². The van der Waals surface area contributed by atoms with Crippen molar-refractivity contribution in [3.8, 4) is 0 Å². The lowest BCUT2D eigenvalue weighted by molar-refractivity contribution is 0.0665. The first-order chi connectivity index (χ1) is 6.31. The average Bonchev–Trinajstić information content (AvgIpc) is 2.63. The molecule has 0 fully saturated rings. The highest BCUT2D eigenvalue weighted by molar-refractivity contribution is 5.75. The van der Waals surface area contributed by atoms with Gasteiger partial charge in [0.15, 0.2) is 0 Å². The number of fused-ring (bicyclic) bond motifs is 1. The molecule has 0 aliphatic carbocycles. The van der Waals surface area contributed by atoms with Crippen LogP contribution in [0.2, 0.25) is 0 Å². The van der Waals surface area contributed by atoms with E-state index in [9.17, 15) is 0 Å². The first-order valence-corrected chi connectivity index (χ1v) is 4.10. The van der Waals surface area contributed by atoms with Crippen molar-refractivity contribution < 1.29 is 4.84 Å². The molecule has 0 aliphatic rings. The Morgan fingerprint density at radius 3 is 3.15 bits per heavy atom. The molecule has 1 atom stereocenters. The zero-order valence-corrected chi connectivity index (χ0v) is 7.32. The number of nitrogens with two attached hydrogens (primary N) is 1. The molecule has 1 aromatic heterocycles. The molecule has 0 radical (unpaired) electrons. The van der Waals surface area contributed by atoms with Gasteiger partial charge in [0.25, 0.3) is 0 Å². The summed E-state index contributed by atoms with van der Waals surface area (Å²) in [6, 6.07) is 5.89. The second kappa shape index (κ2) is 3.16. The van der Waals surface area contributed by atoms with Crippen molar-refractivity contribution in [2.75, 3.05) is 0 Å². The second-order valence-electron chi connectivity index (χ2n) is 2.96. The molecule has 1 aromatic carbocycles. The smallest absolute Gasteiger partial charge is 0.101 e. The average molecular weight is 177 g/mol. The van der Waals surface area contributed by atoms with Gasteiger partial charge >= 0.3 is 0 Å². The minimum Gasteiger partial charge on any atom is -0.345 e. The van der Waals surface area contributed by atoms with Crippen LogP contribution in [0.4, 0.5) is 0 Å². The van der Waals surface area contributed by atoms with Gasteiger partial charge in [0, 0.05) is 0 Å². The van der Waals surface area contributed by atoms with Gasteiger partial charge in [-0.1, -0.05) is 6.07 Å². The molecule has 1 heterocycles. The Labute approximate surface area is 75.7 Å². The van der Waals surface area contributed by atoms with Crippen molar-refractivity contribution in [3.05, 3.63) is 30.1 Å². The summed E-state index contributed by atoms with van der Waals surface area (Å²) in [6.07, 6.45) is 1.58. The summed E-state index contributed by atoms with van der Waals surface area (Å²) < 4.78 is 0. The summed E-state index contributed by atoms with van der Waals surface area (Å²) in [5.74, 6) is 5.10. The molecule has 0 aliphatic heterocycles. The number of hydrogen-bond donors (Lipinski definition) is 2. The predicted octanol–water partition coefficient (Wildman–Crippen LogP) is 1.51. The fraction of sp³-hybridized carbons (Fsp3) is 0.222. The van der Waals surface area contributed by atoms with Crippen LogP contribution in [0.15, 0.2) is 24.5 Å². The molecule has 0 bridgehead atoms. The lowest BCUT2D eigenvalue weighted by Gasteiger charge is -2.07. The van der Waals surface area contributed by atoms with Crippen LogP contribution >= 0.6 is 0 Å². The maximum absolute atomic E-state index is 5.10. The van der Waals surface area contributed by atoms with Gasteiger partial charge < -0.3 is 4.98 Å². The topological polar surface area (TPSA) is 63.9 Å². The fourth-order valence-electron chi connectivity index (χ4n) is 1.28. The molecule has 68 valence electrons. The SMILES string of the molecule is CC(ON)c1ccc2nc[nH]c2c1. The molecule has 0 saturated carbocycles. The summed E-state index contributed by atoms with van der Waals surface area (Å²) in [5.41, 5.74) is 2.99. The molecule has 2 rings (SSSR count). The van der Waals surface area contributed by atoms with E-state index in [1.807, 2.05) is 25.1 Å². The van der Waals surface area contributed by atoms with Gasteiger partial charge in [-0.2, -0.15) is 0 Å². The Balaban J connectivity index is 2.48. The molecule has 4 heteroatoms. The maximum atomic E-state index is 5.10. The molecule has 0 saturated heterocycles. The Hall–Kier alpha value is -1.39. The third-order valence-electron chi connectivity index (χ3n) is 2.12. The standard InChI is InChI=1S/C9H11N3O/c1-6(13-10)7-2-3-8-9(4-7)12-5-11-8/h2-6H,10H2,1H3,(H,11,12). The van der Waals surface area contributed by atoms with Crippen molar-refractivity contribution in [1.29, 1.82) is 0 Å². The fourth-order valence-corrected chi connectivity index (χ4v) is 1.28. The van der Waals surface area contributed by atoms with Crippen LogP contribution in [0.1, 0.15) is 18.6 Å². The van der Waals surface area contributed by atoms with E-state index >= 15 is 0 Å². The highest BCUT2D eigenvalue weighted by Gasteiger charge is 2.05. The molecule has 2 aromatic rings. The van der Waals surface area contributed by atoms with Gasteiger partial charge in [-0.05, 0) is 24.6 Å². The molecule has 0 spiro atoms. The Bertz CT molecular complexity index is 410. The number of aromatic nitrogens is 2. The maximum Gasteiger partial charge on any atom is 0.101 e. The largest absolute Gasteiger partial charge is 0.345 e. The molecule has 4 nitrogen and oxygen atoms in total. The first-order valence-electron chi connectivity index (χ1n) is 4.10. The zero-order valence-electron chi connectivity index (χ0n) is 7.32. The Kier molecular flexibility index (Phi) is 2.00. The van der Waals surface area contributed by atoms with E-state index in [1.54, 1.807) is 6.33 Å². The number of benzene rings is 1. The summed E-state index contributed by atoms with van der Waals surface area (Å²) in [7, 11) is 0. The first kappa shape index (κ1) is 8.22. The Morgan fingerprint density at radius 1 is 1.54 bits per heavy atom. The van der Waals surface area contributed by atoms with Gasteiger partial charge in [0.2, 0.25) is 0 Å². The van der Waals surface area contributed by atoms with E-state index in [4.69, 9.17) is 10.7 Å². The van der Waals surface area contributed by atoms with Gasteiger partial charge in [-0.15, -0.1) is 0 Å². The van der Waals surface area contributed by atoms with Crippen LogP contribution in [0.5, 0.6) is 0 Å². The van der Waals surface area contributed by atoms with Crippen molar-refractivity contribution in [1.82, 2.24) is 9.97 Å². The van der Waals surface area contributed by atoms with Crippen LogP contribution in [0.25, 0.3) is 11.0 Å². The molecular weight excluding hydrogens is 166 g/mol. The third kappa shape index (κ3) is 1.41. The van der Waals surface area contributed by atoms with E-state index in [2.05, 4.69) is 9.97 Å². The Morgan fingerprint density at radius 2 is 2.38 bits per heavy atom. The number of rotatable bonds is 2. The van der Waals surface area contributed by atoms with Crippen LogP contribution in [-0.4, -0.2) is 9.97 Å². The minimum absolute atomic E-state index is 0.0901. The van der Waals surface area contributed by atoms with Gasteiger partial charge in [0.05, 0.1) is 17.4 Å². The molecular formula is C9H11N3O. The van der Waals surface area contributed by atoms with E-state index < -0.39 is 0 Å². The van der Waals surface area contributed by atoms with Crippen LogP contribution < -0.4 is 5.90 Å². The van der Waals surface area contributed by atoms with Crippen LogP contribution in [-0.2, 0) is 4.84 Å². The van der Waals surface area contributed by atoms with Crippen molar-refractivity contribution in [2.24, 2.45) is 5.90 Å². The number of H-pyrrole nitrogens is 1. The zero-order chi connectivity index (χ0) is 9.26. The van der Waals surface area contributed by atoms with E-state index in [0.29, 0.717) is 0 Å². The lowest BCUT2D eigenvalue weighted by atomic mass is 10.1. The van der Waals surface area contributed by atoms with Gasteiger partial charge in [-0.25, -0.2) is 10.9 Å². The van der Waals surface area contributed by atoms with E-state index in [1.165, 1.54) is 0 Å². The number of imidazole rings is 1.